The summed E-state index contributed by atoms with van der Waals surface area (Å²) in [6.45, 7) is 1.10. The van der Waals surface area contributed by atoms with Crippen molar-refractivity contribution >= 4 is 33.4 Å². The fraction of sp³-hybridized carbons (Fsp3) is 0.267. The van der Waals surface area contributed by atoms with E-state index in [4.69, 9.17) is 9.47 Å². The summed E-state index contributed by atoms with van der Waals surface area (Å²) in [6.07, 6.45) is 0.836. The van der Waals surface area contributed by atoms with Gasteiger partial charge in [-0.15, -0.1) is 0 Å². The van der Waals surface area contributed by atoms with E-state index in [2.05, 4.69) is 18.2 Å². The molecule has 5 heteroatoms. The van der Waals surface area contributed by atoms with Crippen molar-refractivity contribution in [3.63, 3.8) is 0 Å². The molecule has 2 aliphatic heterocycles. The Balaban J connectivity index is 1.25. The van der Waals surface area contributed by atoms with Gasteiger partial charge in [0.2, 0.25) is 0 Å². The first kappa shape index (κ1) is 21.8. The van der Waals surface area contributed by atoms with Crippen LogP contribution in [-0.2, 0) is 16.1 Å². The first-order valence-corrected chi connectivity index (χ1v) is 12.2. The van der Waals surface area contributed by atoms with Crippen LogP contribution in [0.15, 0.2) is 84.9 Å². The molecule has 1 amide bonds. The Hall–Kier alpha value is -3.70. The lowest BCUT2D eigenvalue weighted by atomic mass is 9.79. The summed E-state index contributed by atoms with van der Waals surface area (Å²) in [6, 6.07) is 27.7. The van der Waals surface area contributed by atoms with Crippen LogP contribution >= 0.6 is 0 Å². The Bertz CT molecular complexity index is 1390. The van der Waals surface area contributed by atoms with E-state index in [-0.39, 0.29) is 36.5 Å². The van der Waals surface area contributed by atoms with Gasteiger partial charge < -0.3 is 9.47 Å². The van der Waals surface area contributed by atoms with Gasteiger partial charge >= 0.3 is 6.09 Å². The van der Waals surface area contributed by atoms with E-state index < -0.39 is 0 Å². The molecule has 0 spiro atoms. The Labute approximate surface area is 204 Å². The topological polar surface area (TPSA) is 55.8 Å². The van der Waals surface area contributed by atoms with E-state index in [1.165, 1.54) is 0 Å². The fourth-order valence-electron chi connectivity index (χ4n) is 5.70. The Morgan fingerprint density at radius 2 is 1.43 bits per heavy atom. The number of hydrogen-bond acceptors (Lipinski definition) is 4. The number of amides is 1. The average molecular weight is 466 g/mol. The third kappa shape index (κ3) is 4.06. The van der Waals surface area contributed by atoms with Gasteiger partial charge in [0.1, 0.15) is 6.61 Å². The van der Waals surface area contributed by atoms with Crippen molar-refractivity contribution in [3.05, 3.63) is 96.1 Å². The summed E-state index contributed by atoms with van der Waals surface area (Å²) in [5, 5.41) is 4.31. The number of morpholine rings is 1. The standard InChI is InChI=1S/C30H27NO4/c32-29(28-16-21-10-4-5-11-25(21)26-12-6-7-13-27(26)28)22-14-23-18-34-19-24(15-22)31(23)30(33)35-17-20-8-2-1-3-9-20/h1-13,16,22-24H,14-15,17-19H2. The van der Waals surface area contributed by atoms with Gasteiger partial charge in [0.05, 0.1) is 25.3 Å². The largest absolute Gasteiger partial charge is 0.445 e. The lowest BCUT2D eigenvalue weighted by Crippen LogP contribution is -2.59. The van der Waals surface area contributed by atoms with Crippen LogP contribution < -0.4 is 0 Å². The van der Waals surface area contributed by atoms with Gasteiger partial charge in [-0.05, 0) is 46.0 Å². The minimum absolute atomic E-state index is 0.154. The van der Waals surface area contributed by atoms with Crippen molar-refractivity contribution in [1.82, 2.24) is 4.90 Å². The summed E-state index contributed by atoms with van der Waals surface area (Å²) < 4.78 is 11.4. The maximum Gasteiger partial charge on any atom is 0.410 e. The molecular weight excluding hydrogens is 438 g/mol. The maximum atomic E-state index is 13.9. The molecule has 2 unspecified atom stereocenters. The van der Waals surface area contributed by atoms with Gasteiger partial charge in [0, 0.05) is 11.5 Å². The van der Waals surface area contributed by atoms with Crippen LogP contribution in [0.1, 0.15) is 28.8 Å². The second-order valence-electron chi connectivity index (χ2n) is 9.52. The molecule has 5 nitrogen and oxygen atoms in total. The molecule has 176 valence electrons. The summed E-state index contributed by atoms with van der Waals surface area (Å²) in [7, 11) is 0. The fourth-order valence-corrected chi connectivity index (χ4v) is 5.70. The number of nitrogens with zero attached hydrogens (tertiary/aromatic N) is 1. The van der Waals surface area contributed by atoms with Gasteiger partial charge in [-0.25, -0.2) is 4.79 Å². The quantitative estimate of drug-likeness (QED) is 0.274. The third-order valence-electron chi connectivity index (χ3n) is 7.34. The van der Waals surface area contributed by atoms with Crippen molar-refractivity contribution in [1.29, 1.82) is 0 Å². The predicted molar refractivity (Wildman–Crippen MR) is 135 cm³/mol. The number of ketones is 1. The monoisotopic (exact) mass is 465 g/mol. The zero-order valence-electron chi connectivity index (χ0n) is 19.4. The van der Waals surface area contributed by atoms with Gasteiger partial charge in [0.15, 0.2) is 5.78 Å². The van der Waals surface area contributed by atoms with Crippen LogP contribution in [0.25, 0.3) is 21.5 Å². The molecule has 0 aliphatic carbocycles. The first-order valence-electron chi connectivity index (χ1n) is 12.2. The number of piperidine rings is 1. The lowest BCUT2D eigenvalue weighted by molar-refractivity contribution is -0.0755. The molecule has 0 N–H and O–H groups in total. The molecule has 2 fully saturated rings. The van der Waals surface area contributed by atoms with Gasteiger partial charge in [-0.3, -0.25) is 9.69 Å². The van der Waals surface area contributed by atoms with Crippen LogP contribution in [0.4, 0.5) is 4.79 Å². The number of ether oxygens (including phenoxy) is 2. The zero-order valence-corrected chi connectivity index (χ0v) is 19.4. The highest BCUT2D eigenvalue weighted by molar-refractivity contribution is 6.18. The number of fused-ring (bicyclic) bond motifs is 5. The predicted octanol–water partition coefficient (Wildman–Crippen LogP) is 5.99. The SMILES string of the molecule is O=C(c1cc2ccccc2c2ccccc12)C1CC2COCC(C1)N2C(=O)OCc1ccccc1. The van der Waals surface area contributed by atoms with Gasteiger partial charge in [0.25, 0.3) is 0 Å². The molecule has 0 saturated carbocycles. The Morgan fingerprint density at radius 3 is 2.17 bits per heavy atom. The summed E-state index contributed by atoms with van der Waals surface area (Å²) in [4.78, 5) is 28.7. The van der Waals surface area contributed by atoms with Crippen molar-refractivity contribution < 1.29 is 19.1 Å². The van der Waals surface area contributed by atoms with Crippen molar-refractivity contribution in [3.8, 4) is 0 Å². The molecule has 4 aromatic rings. The second kappa shape index (κ2) is 9.16. The minimum Gasteiger partial charge on any atom is -0.445 e. The van der Waals surface area contributed by atoms with E-state index in [9.17, 15) is 9.59 Å². The normalized spacial score (nSPS) is 21.7. The second-order valence-corrected chi connectivity index (χ2v) is 9.52. The number of rotatable bonds is 4. The molecule has 2 aliphatic rings. The van der Waals surface area contributed by atoms with E-state index in [0.717, 1.165) is 32.7 Å². The summed E-state index contributed by atoms with van der Waals surface area (Å²) >= 11 is 0. The highest BCUT2D eigenvalue weighted by atomic mass is 16.6. The zero-order chi connectivity index (χ0) is 23.8. The number of carbonyl (C=O) groups is 2. The molecule has 0 aromatic heterocycles. The molecule has 2 heterocycles. The molecule has 4 aromatic carbocycles. The molecule has 0 radical (unpaired) electrons. The molecule has 2 saturated heterocycles. The van der Waals surface area contributed by atoms with E-state index in [1.807, 2.05) is 71.6 Å². The van der Waals surface area contributed by atoms with Crippen LogP contribution in [-0.4, -0.2) is 42.1 Å². The van der Waals surface area contributed by atoms with Crippen molar-refractivity contribution in [2.75, 3.05) is 13.2 Å². The smallest absolute Gasteiger partial charge is 0.410 e. The highest BCUT2D eigenvalue weighted by Crippen LogP contribution is 2.37. The van der Waals surface area contributed by atoms with Crippen LogP contribution in [0.5, 0.6) is 0 Å². The Morgan fingerprint density at radius 1 is 0.800 bits per heavy atom. The van der Waals surface area contributed by atoms with Crippen LogP contribution in [0.2, 0.25) is 0 Å². The van der Waals surface area contributed by atoms with Crippen molar-refractivity contribution in [2.24, 2.45) is 5.92 Å². The summed E-state index contributed by atoms with van der Waals surface area (Å²) in [5.41, 5.74) is 1.72. The molecular formula is C30H27NO4. The maximum absolute atomic E-state index is 13.9. The van der Waals surface area contributed by atoms with Crippen molar-refractivity contribution in [2.45, 2.75) is 31.5 Å². The first-order chi connectivity index (χ1) is 17.2. The number of Topliss-reactive ketones (excluding diaryl/α,β-unsaturated/α-hetero) is 1. The van der Waals surface area contributed by atoms with Crippen LogP contribution in [0, 0.1) is 5.92 Å². The molecule has 2 bridgehead atoms. The number of hydrogen-bond donors (Lipinski definition) is 0. The van der Waals surface area contributed by atoms with E-state index >= 15 is 0 Å². The highest BCUT2D eigenvalue weighted by Gasteiger charge is 2.44. The van der Waals surface area contributed by atoms with Gasteiger partial charge in [-0.2, -0.15) is 0 Å². The molecule has 35 heavy (non-hydrogen) atoms. The van der Waals surface area contributed by atoms with Crippen LogP contribution in [0.3, 0.4) is 0 Å². The lowest BCUT2D eigenvalue weighted by Gasteiger charge is -2.47. The molecule has 6 rings (SSSR count). The van der Waals surface area contributed by atoms with E-state index in [0.29, 0.717) is 26.1 Å². The number of carbonyl (C=O) groups excluding carboxylic acids is 2. The summed E-state index contributed by atoms with van der Waals surface area (Å²) in [5.74, 6) is -0.00204. The average Bonchev–Trinajstić information content (AvgIpc) is 2.90. The minimum atomic E-state index is -0.325. The van der Waals surface area contributed by atoms with E-state index in [1.54, 1.807) is 0 Å². The number of benzene rings is 4. The molecule has 2 atom stereocenters. The van der Waals surface area contributed by atoms with Gasteiger partial charge in [-0.1, -0.05) is 78.9 Å². The Kier molecular flexibility index (Phi) is 5.71. The third-order valence-corrected chi connectivity index (χ3v) is 7.34.